The minimum Gasteiger partial charge on any atom is -0.386 e. The van der Waals surface area contributed by atoms with Gasteiger partial charge in [-0.15, -0.1) is 6.58 Å². The third-order valence-electron chi connectivity index (χ3n) is 2.87. The van der Waals surface area contributed by atoms with Crippen LogP contribution < -0.4 is 5.32 Å². The summed E-state index contributed by atoms with van der Waals surface area (Å²) in [4.78, 5) is 26.5. The van der Waals surface area contributed by atoms with Crippen LogP contribution in [0, 0.1) is 11.3 Å². The van der Waals surface area contributed by atoms with Gasteiger partial charge in [-0.2, -0.15) is 5.26 Å². The highest BCUT2D eigenvalue weighted by molar-refractivity contribution is 5.97. The molecular weight excluding hydrogens is 244 g/mol. The van der Waals surface area contributed by atoms with Crippen molar-refractivity contribution >= 4 is 11.8 Å². The highest BCUT2D eigenvalue weighted by Gasteiger charge is 2.24. The molecule has 1 heterocycles. The summed E-state index contributed by atoms with van der Waals surface area (Å²) in [5.74, 6) is -0.293. The minimum atomic E-state index is -0.303. The molecule has 0 aromatic rings. The van der Waals surface area contributed by atoms with Gasteiger partial charge in [-0.05, 0) is 0 Å². The Kier molecular flexibility index (Phi) is 5.61. The lowest BCUT2D eigenvalue weighted by Crippen LogP contribution is -2.50. The SMILES string of the molecule is C=CCN/C=C(/C#N)C(=O)N1CCN(C(C)=O)CC1. The molecule has 1 saturated heterocycles. The summed E-state index contributed by atoms with van der Waals surface area (Å²) in [5, 5.41) is 11.8. The topological polar surface area (TPSA) is 76.4 Å². The monoisotopic (exact) mass is 262 g/mol. The van der Waals surface area contributed by atoms with Gasteiger partial charge >= 0.3 is 0 Å². The molecule has 0 aromatic heterocycles. The predicted octanol–water partition coefficient (Wildman–Crippen LogP) is -0.140. The van der Waals surface area contributed by atoms with Gasteiger partial charge in [0, 0.05) is 45.8 Å². The fourth-order valence-electron chi connectivity index (χ4n) is 1.78. The summed E-state index contributed by atoms with van der Waals surface area (Å²) in [6.45, 7) is 7.49. The van der Waals surface area contributed by atoms with Crippen LogP contribution in [0.3, 0.4) is 0 Å². The van der Waals surface area contributed by atoms with Crippen molar-refractivity contribution in [2.45, 2.75) is 6.92 Å². The van der Waals surface area contributed by atoms with Gasteiger partial charge in [0.25, 0.3) is 5.91 Å². The van der Waals surface area contributed by atoms with Crippen molar-refractivity contribution in [2.75, 3.05) is 32.7 Å². The first-order valence-corrected chi connectivity index (χ1v) is 6.09. The molecule has 0 bridgehead atoms. The van der Waals surface area contributed by atoms with Crippen molar-refractivity contribution in [2.24, 2.45) is 0 Å². The Balaban J connectivity index is 2.58. The third kappa shape index (κ3) is 4.14. The number of nitrogens with zero attached hydrogens (tertiary/aromatic N) is 3. The van der Waals surface area contributed by atoms with Crippen molar-refractivity contribution in [3.05, 3.63) is 24.4 Å². The van der Waals surface area contributed by atoms with Gasteiger partial charge < -0.3 is 15.1 Å². The average molecular weight is 262 g/mol. The van der Waals surface area contributed by atoms with Crippen LogP contribution in [-0.2, 0) is 9.59 Å². The highest BCUT2D eigenvalue weighted by atomic mass is 16.2. The van der Waals surface area contributed by atoms with E-state index in [1.165, 1.54) is 13.1 Å². The molecule has 1 N–H and O–H groups in total. The maximum Gasteiger partial charge on any atom is 0.266 e. The molecular formula is C13H18N4O2. The van der Waals surface area contributed by atoms with Crippen LogP contribution >= 0.6 is 0 Å². The minimum absolute atomic E-state index is 0.01000. The second kappa shape index (κ2) is 7.21. The van der Waals surface area contributed by atoms with Crippen LogP contribution in [0.2, 0.25) is 0 Å². The zero-order valence-corrected chi connectivity index (χ0v) is 11.1. The molecule has 1 fully saturated rings. The number of nitrogens with one attached hydrogen (secondary N) is 1. The third-order valence-corrected chi connectivity index (χ3v) is 2.87. The number of hydrogen-bond acceptors (Lipinski definition) is 4. The van der Waals surface area contributed by atoms with E-state index in [4.69, 9.17) is 5.26 Å². The Bertz CT molecular complexity index is 428. The van der Waals surface area contributed by atoms with Crippen LogP contribution in [0.1, 0.15) is 6.92 Å². The van der Waals surface area contributed by atoms with E-state index in [9.17, 15) is 9.59 Å². The lowest BCUT2D eigenvalue weighted by molar-refractivity contribution is -0.136. The summed E-state index contributed by atoms with van der Waals surface area (Å²) in [6, 6.07) is 1.88. The Morgan fingerprint density at radius 2 is 1.89 bits per heavy atom. The summed E-state index contributed by atoms with van der Waals surface area (Å²) < 4.78 is 0. The van der Waals surface area contributed by atoms with Crippen LogP contribution in [0.25, 0.3) is 0 Å². The van der Waals surface area contributed by atoms with Gasteiger partial charge in [0.2, 0.25) is 5.91 Å². The van der Waals surface area contributed by atoms with E-state index < -0.39 is 0 Å². The molecule has 1 aliphatic rings. The Morgan fingerprint density at radius 3 is 2.37 bits per heavy atom. The molecule has 6 heteroatoms. The molecule has 0 aliphatic carbocycles. The molecule has 0 radical (unpaired) electrons. The normalized spacial score (nSPS) is 15.7. The zero-order valence-electron chi connectivity index (χ0n) is 11.1. The van der Waals surface area contributed by atoms with Crippen LogP contribution in [0.4, 0.5) is 0 Å². The quantitative estimate of drug-likeness (QED) is 0.331. The van der Waals surface area contributed by atoms with Gasteiger partial charge in [0.15, 0.2) is 0 Å². The fourth-order valence-corrected chi connectivity index (χ4v) is 1.78. The summed E-state index contributed by atoms with van der Waals surface area (Å²) >= 11 is 0. The number of carbonyl (C=O) groups is 2. The van der Waals surface area contributed by atoms with E-state index in [1.807, 2.05) is 6.07 Å². The second-order valence-electron chi connectivity index (χ2n) is 4.17. The number of nitriles is 1. The molecule has 1 aliphatic heterocycles. The predicted molar refractivity (Wildman–Crippen MR) is 70.7 cm³/mol. The zero-order chi connectivity index (χ0) is 14.3. The van der Waals surface area contributed by atoms with Gasteiger partial charge in [-0.1, -0.05) is 6.08 Å². The Labute approximate surface area is 113 Å². The van der Waals surface area contributed by atoms with Crippen molar-refractivity contribution in [1.29, 1.82) is 5.26 Å². The molecule has 0 aromatic carbocycles. The van der Waals surface area contributed by atoms with Gasteiger partial charge in [-0.3, -0.25) is 9.59 Å². The van der Waals surface area contributed by atoms with E-state index in [0.717, 1.165) is 0 Å². The van der Waals surface area contributed by atoms with Crippen molar-refractivity contribution in [3.8, 4) is 6.07 Å². The first-order chi connectivity index (χ1) is 9.10. The standard InChI is InChI=1S/C13H18N4O2/c1-3-4-15-10-12(9-14)13(19)17-7-5-16(6-8-17)11(2)18/h3,10,15H,1,4-8H2,2H3/b12-10-. The molecule has 0 spiro atoms. The number of amides is 2. The van der Waals surface area contributed by atoms with Gasteiger partial charge in [0.05, 0.1) is 0 Å². The average Bonchev–Trinajstić information content (AvgIpc) is 2.43. The lowest BCUT2D eigenvalue weighted by Gasteiger charge is -2.34. The van der Waals surface area contributed by atoms with Gasteiger partial charge in [-0.25, -0.2) is 0 Å². The van der Waals surface area contributed by atoms with Crippen molar-refractivity contribution < 1.29 is 9.59 Å². The summed E-state index contributed by atoms with van der Waals surface area (Å²) in [6.07, 6.45) is 3.04. The second-order valence-corrected chi connectivity index (χ2v) is 4.17. The largest absolute Gasteiger partial charge is 0.386 e. The maximum absolute atomic E-state index is 12.1. The Morgan fingerprint density at radius 1 is 1.32 bits per heavy atom. The summed E-state index contributed by atoms with van der Waals surface area (Å²) in [7, 11) is 0. The first kappa shape index (κ1) is 14.8. The molecule has 1 rings (SSSR count). The maximum atomic E-state index is 12.1. The molecule has 0 atom stereocenters. The van der Waals surface area contributed by atoms with E-state index in [-0.39, 0.29) is 17.4 Å². The van der Waals surface area contributed by atoms with Crippen molar-refractivity contribution in [3.63, 3.8) is 0 Å². The molecule has 0 unspecified atom stereocenters. The van der Waals surface area contributed by atoms with Crippen molar-refractivity contribution in [1.82, 2.24) is 15.1 Å². The number of rotatable bonds is 4. The molecule has 0 saturated carbocycles. The number of hydrogen-bond donors (Lipinski definition) is 1. The molecule has 19 heavy (non-hydrogen) atoms. The van der Waals surface area contributed by atoms with Crippen LogP contribution in [-0.4, -0.2) is 54.3 Å². The van der Waals surface area contributed by atoms with E-state index >= 15 is 0 Å². The van der Waals surface area contributed by atoms with Gasteiger partial charge in [0.1, 0.15) is 11.6 Å². The van der Waals surface area contributed by atoms with Crippen LogP contribution in [0.15, 0.2) is 24.4 Å². The molecule has 6 nitrogen and oxygen atoms in total. The lowest BCUT2D eigenvalue weighted by atomic mass is 10.2. The fraction of sp³-hybridized carbons (Fsp3) is 0.462. The van der Waals surface area contributed by atoms with Crippen LogP contribution in [0.5, 0.6) is 0 Å². The van der Waals surface area contributed by atoms with E-state index in [2.05, 4.69) is 11.9 Å². The first-order valence-electron chi connectivity index (χ1n) is 6.09. The summed E-state index contributed by atoms with van der Waals surface area (Å²) in [5.41, 5.74) is 0.0677. The number of piperazine rings is 1. The highest BCUT2D eigenvalue weighted by Crippen LogP contribution is 2.06. The van der Waals surface area contributed by atoms with E-state index in [1.54, 1.807) is 15.9 Å². The molecule has 102 valence electrons. The smallest absolute Gasteiger partial charge is 0.266 e. The van der Waals surface area contributed by atoms with E-state index in [0.29, 0.717) is 32.7 Å². The Hall–Kier alpha value is -2.29. The number of carbonyl (C=O) groups excluding carboxylic acids is 2. The molecule has 2 amide bonds.